The molecule has 3 aliphatic rings. The number of aryl methyl sites for hydroxylation is 1. The number of nitrogens with zero attached hydrogens (tertiary/aromatic N) is 6. The fraction of sp³-hybridized carbons (Fsp3) is 0.423. The van der Waals surface area contributed by atoms with Crippen molar-refractivity contribution in [3.63, 3.8) is 0 Å². The summed E-state index contributed by atoms with van der Waals surface area (Å²) in [5, 5.41) is 11.3. The number of morpholine rings is 1. The first-order valence-corrected chi connectivity index (χ1v) is 12.6. The molecule has 0 unspecified atom stereocenters. The summed E-state index contributed by atoms with van der Waals surface area (Å²) in [6.45, 7) is 5.12. The van der Waals surface area contributed by atoms with Crippen LogP contribution >= 0.6 is 0 Å². The number of rotatable bonds is 3. The molecule has 2 aromatic heterocycles. The molecule has 1 fully saturated rings. The summed E-state index contributed by atoms with van der Waals surface area (Å²) >= 11 is 0. The maximum Gasteiger partial charge on any atom is 0.320 e. The highest BCUT2D eigenvalue weighted by molar-refractivity contribution is 6.04. The minimum atomic E-state index is -0.596. The highest BCUT2D eigenvalue weighted by Gasteiger charge is 2.28. The Morgan fingerprint density at radius 3 is 2.73 bits per heavy atom. The Labute approximate surface area is 213 Å². The fourth-order valence-corrected chi connectivity index (χ4v) is 5.28. The standard InChI is InChI=1S/C26H28FN7O3/c1-16-5-6-23-30-31-24(34(16)23)21-3-2-4-22(28-21)29-25(35)19-13-18-15-33(8-7-17(18)14-20(19)27)26(36)32-9-11-37-12-10-32/h2-4,13-14,16H,5-12,15H2,1H3,(H,28,29,35)/t16-/m1/s1. The highest BCUT2D eigenvalue weighted by atomic mass is 19.1. The summed E-state index contributed by atoms with van der Waals surface area (Å²) in [6, 6.07) is 8.43. The van der Waals surface area contributed by atoms with Crippen molar-refractivity contribution in [3.8, 4) is 11.5 Å². The first kappa shape index (κ1) is 23.5. The van der Waals surface area contributed by atoms with Gasteiger partial charge in [-0.2, -0.15) is 0 Å². The zero-order valence-corrected chi connectivity index (χ0v) is 20.6. The van der Waals surface area contributed by atoms with E-state index in [9.17, 15) is 14.0 Å². The lowest BCUT2D eigenvalue weighted by Crippen LogP contribution is -2.49. The van der Waals surface area contributed by atoms with Crippen molar-refractivity contribution in [1.82, 2.24) is 29.5 Å². The number of ether oxygens (including phenoxy) is 1. The van der Waals surface area contributed by atoms with Gasteiger partial charge in [-0.15, -0.1) is 10.2 Å². The molecule has 1 atom stereocenters. The Balaban J connectivity index is 1.20. The lowest BCUT2D eigenvalue weighted by atomic mass is 9.96. The van der Waals surface area contributed by atoms with E-state index >= 15 is 0 Å². The van der Waals surface area contributed by atoms with E-state index in [1.165, 1.54) is 6.07 Å². The fourth-order valence-electron chi connectivity index (χ4n) is 5.28. The third-order valence-corrected chi connectivity index (χ3v) is 7.31. The van der Waals surface area contributed by atoms with E-state index < -0.39 is 11.7 Å². The number of halogens is 1. The predicted molar refractivity (Wildman–Crippen MR) is 133 cm³/mol. The van der Waals surface area contributed by atoms with Gasteiger partial charge in [-0.3, -0.25) is 4.79 Å². The van der Waals surface area contributed by atoms with E-state index in [4.69, 9.17) is 4.74 Å². The summed E-state index contributed by atoms with van der Waals surface area (Å²) in [6.07, 6.45) is 2.41. The topological polar surface area (TPSA) is 105 Å². The van der Waals surface area contributed by atoms with Crippen LogP contribution in [0.15, 0.2) is 30.3 Å². The minimum absolute atomic E-state index is 0.0559. The largest absolute Gasteiger partial charge is 0.378 e. The molecule has 3 aliphatic heterocycles. The van der Waals surface area contributed by atoms with E-state index in [1.54, 1.807) is 28.0 Å². The third kappa shape index (κ3) is 4.43. The van der Waals surface area contributed by atoms with Gasteiger partial charge in [0.25, 0.3) is 5.91 Å². The molecule has 37 heavy (non-hydrogen) atoms. The number of carbonyl (C=O) groups excluding carboxylic acids is 2. The number of amides is 3. The number of benzene rings is 1. The molecule has 0 radical (unpaired) electrons. The highest BCUT2D eigenvalue weighted by Crippen LogP contribution is 2.30. The van der Waals surface area contributed by atoms with Crippen LogP contribution in [0.3, 0.4) is 0 Å². The van der Waals surface area contributed by atoms with Crippen LogP contribution in [0.4, 0.5) is 15.0 Å². The van der Waals surface area contributed by atoms with E-state index in [1.807, 2.05) is 6.07 Å². The quantitative estimate of drug-likeness (QED) is 0.587. The molecule has 6 rings (SSSR count). The van der Waals surface area contributed by atoms with Crippen molar-refractivity contribution >= 4 is 17.8 Å². The minimum Gasteiger partial charge on any atom is -0.378 e. The summed E-state index contributed by atoms with van der Waals surface area (Å²) in [7, 11) is 0. The molecule has 3 amide bonds. The van der Waals surface area contributed by atoms with Crippen LogP contribution in [0.2, 0.25) is 0 Å². The molecule has 192 valence electrons. The molecule has 0 bridgehead atoms. The third-order valence-electron chi connectivity index (χ3n) is 7.31. The van der Waals surface area contributed by atoms with Gasteiger partial charge in [0.05, 0.1) is 18.8 Å². The van der Waals surface area contributed by atoms with Gasteiger partial charge in [-0.1, -0.05) is 6.07 Å². The molecular formula is C26H28FN7O3. The number of pyridine rings is 1. The average Bonchev–Trinajstić information content (AvgIpc) is 3.51. The van der Waals surface area contributed by atoms with E-state index in [2.05, 4.69) is 32.0 Å². The van der Waals surface area contributed by atoms with Crippen molar-refractivity contribution in [2.75, 3.05) is 38.2 Å². The van der Waals surface area contributed by atoms with Gasteiger partial charge in [0.2, 0.25) is 0 Å². The van der Waals surface area contributed by atoms with E-state index in [-0.39, 0.29) is 17.6 Å². The van der Waals surface area contributed by atoms with Crippen LogP contribution in [-0.2, 0) is 24.1 Å². The first-order chi connectivity index (χ1) is 18.0. The Hall–Kier alpha value is -3.86. The van der Waals surface area contributed by atoms with Crippen LogP contribution in [0.25, 0.3) is 11.5 Å². The molecule has 3 aromatic rings. The van der Waals surface area contributed by atoms with E-state index in [0.717, 1.165) is 29.8 Å². The van der Waals surface area contributed by atoms with Crippen LogP contribution in [0.1, 0.15) is 46.7 Å². The van der Waals surface area contributed by atoms with Gasteiger partial charge in [0.15, 0.2) is 5.82 Å². The van der Waals surface area contributed by atoms with Crippen molar-refractivity contribution in [1.29, 1.82) is 0 Å². The van der Waals surface area contributed by atoms with Crippen molar-refractivity contribution in [2.24, 2.45) is 0 Å². The maximum atomic E-state index is 15.0. The monoisotopic (exact) mass is 505 g/mol. The van der Waals surface area contributed by atoms with Gasteiger partial charge in [-0.25, -0.2) is 14.2 Å². The van der Waals surface area contributed by atoms with Crippen LogP contribution in [-0.4, -0.2) is 74.3 Å². The SMILES string of the molecule is C[C@@H]1CCc2nnc(-c3cccc(NC(=O)c4cc5c(cc4F)CCN(C(=O)N4CCOCC4)C5)n3)n21. The lowest BCUT2D eigenvalue weighted by Gasteiger charge is -2.35. The van der Waals surface area contributed by atoms with Gasteiger partial charge in [-0.05, 0) is 55.2 Å². The molecule has 0 spiro atoms. The summed E-state index contributed by atoms with van der Waals surface area (Å²) < 4.78 is 22.4. The smallest absolute Gasteiger partial charge is 0.320 e. The maximum absolute atomic E-state index is 15.0. The zero-order chi connectivity index (χ0) is 25.5. The molecule has 1 aromatic carbocycles. The molecule has 11 heteroatoms. The van der Waals surface area contributed by atoms with Crippen LogP contribution in [0, 0.1) is 5.82 Å². The second kappa shape index (κ2) is 9.55. The van der Waals surface area contributed by atoms with E-state index in [0.29, 0.717) is 63.1 Å². The van der Waals surface area contributed by atoms with Crippen molar-refractivity contribution in [2.45, 2.75) is 38.8 Å². The Morgan fingerprint density at radius 2 is 1.89 bits per heavy atom. The number of fused-ring (bicyclic) bond motifs is 2. The molecule has 1 N–H and O–H groups in total. The number of aromatic nitrogens is 4. The summed E-state index contributed by atoms with van der Waals surface area (Å²) in [5.41, 5.74) is 2.10. The average molecular weight is 506 g/mol. The second-order valence-electron chi connectivity index (χ2n) is 9.71. The molecule has 0 aliphatic carbocycles. The van der Waals surface area contributed by atoms with Gasteiger partial charge in [0, 0.05) is 38.6 Å². The van der Waals surface area contributed by atoms with Crippen LogP contribution in [0.5, 0.6) is 0 Å². The molecule has 10 nitrogen and oxygen atoms in total. The number of urea groups is 1. The predicted octanol–water partition coefficient (Wildman–Crippen LogP) is 3.05. The van der Waals surface area contributed by atoms with Crippen LogP contribution < -0.4 is 5.32 Å². The van der Waals surface area contributed by atoms with Crippen molar-refractivity contribution in [3.05, 3.63) is 58.7 Å². The van der Waals surface area contributed by atoms with Gasteiger partial charge >= 0.3 is 6.03 Å². The number of anilines is 1. The zero-order valence-electron chi connectivity index (χ0n) is 20.6. The van der Waals surface area contributed by atoms with Gasteiger partial charge < -0.3 is 24.4 Å². The van der Waals surface area contributed by atoms with Crippen molar-refractivity contribution < 1.29 is 18.7 Å². The number of hydrogen-bond donors (Lipinski definition) is 1. The normalized spacial score (nSPS) is 18.9. The number of carbonyl (C=O) groups is 2. The molecule has 1 saturated heterocycles. The molecular weight excluding hydrogens is 477 g/mol. The Kier molecular flexibility index (Phi) is 6.07. The Bertz CT molecular complexity index is 1370. The summed E-state index contributed by atoms with van der Waals surface area (Å²) in [4.78, 5) is 34.1. The Morgan fingerprint density at radius 1 is 1.05 bits per heavy atom. The summed E-state index contributed by atoms with van der Waals surface area (Å²) in [5.74, 6) is 0.690. The molecule has 5 heterocycles. The second-order valence-corrected chi connectivity index (χ2v) is 9.71. The first-order valence-electron chi connectivity index (χ1n) is 12.6. The van der Waals surface area contributed by atoms with Gasteiger partial charge in [0.1, 0.15) is 23.2 Å². The lowest BCUT2D eigenvalue weighted by molar-refractivity contribution is 0.0421. The number of nitrogens with one attached hydrogen (secondary N) is 1. The molecule has 0 saturated carbocycles. The number of hydrogen-bond acceptors (Lipinski definition) is 6.